The molecule has 5 heteroatoms. The molecule has 2 aliphatic rings. The van der Waals surface area contributed by atoms with Crippen molar-refractivity contribution >= 4 is 0 Å². The molecule has 29 heavy (non-hydrogen) atoms. The highest BCUT2D eigenvalue weighted by Gasteiger charge is 2.45. The molecule has 3 heterocycles. The van der Waals surface area contributed by atoms with Crippen molar-refractivity contribution in [3.8, 4) is 0 Å². The Morgan fingerprint density at radius 1 is 1.10 bits per heavy atom. The predicted molar refractivity (Wildman–Crippen MR) is 115 cm³/mol. The van der Waals surface area contributed by atoms with E-state index in [9.17, 15) is 9.90 Å². The number of benzene rings is 1. The van der Waals surface area contributed by atoms with Crippen molar-refractivity contribution in [2.24, 2.45) is 0 Å². The molecule has 0 saturated carbocycles. The second kappa shape index (κ2) is 8.04. The van der Waals surface area contributed by atoms with Crippen molar-refractivity contribution in [3.05, 3.63) is 63.6 Å². The van der Waals surface area contributed by atoms with Crippen LogP contribution in [0.2, 0.25) is 0 Å². The Labute approximate surface area is 173 Å². The van der Waals surface area contributed by atoms with Crippen LogP contribution in [0.25, 0.3) is 0 Å². The Kier molecular flexibility index (Phi) is 5.63. The predicted octanol–water partition coefficient (Wildman–Crippen LogP) is 3.62. The van der Waals surface area contributed by atoms with Crippen LogP contribution in [-0.2, 0) is 13.1 Å². The van der Waals surface area contributed by atoms with E-state index in [1.807, 2.05) is 6.92 Å². The van der Waals surface area contributed by atoms with Gasteiger partial charge in [0.15, 0.2) is 0 Å². The molecule has 156 valence electrons. The molecule has 2 fully saturated rings. The Bertz CT molecular complexity index is 889. The summed E-state index contributed by atoms with van der Waals surface area (Å²) in [5, 5.41) is 15.7. The molecule has 0 aliphatic carbocycles. The molecular formula is C24H33N3O2. The van der Waals surface area contributed by atoms with Crippen LogP contribution in [0.1, 0.15) is 68.7 Å². The van der Waals surface area contributed by atoms with Crippen molar-refractivity contribution in [1.82, 2.24) is 14.7 Å². The van der Waals surface area contributed by atoms with E-state index in [0.29, 0.717) is 30.8 Å². The molecule has 1 aromatic carbocycles. The first-order valence-corrected chi connectivity index (χ1v) is 10.9. The second-order valence-electron chi connectivity index (χ2n) is 9.41. The van der Waals surface area contributed by atoms with Crippen LogP contribution in [0, 0.1) is 6.92 Å². The molecule has 2 bridgehead atoms. The first kappa shape index (κ1) is 20.3. The van der Waals surface area contributed by atoms with Gasteiger partial charge in [0, 0.05) is 24.7 Å². The Balaban J connectivity index is 1.49. The third-order valence-electron chi connectivity index (χ3n) is 6.70. The van der Waals surface area contributed by atoms with Gasteiger partial charge < -0.3 is 5.11 Å². The van der Waals surface area contributed by atoms with Gasteiger partial charge in [0.1, 0.15) is 0 Å². The fourth-order valence-corrected chi connectivity index (χ4v) is 5.17. The standard InChI is InChI=1S/C24H33N3O2/c1-17(2)20-10-8-19(9-11-20)15-26-21-5-4-6-22(26)14-24(29,13-21)16-27-23(28)12-7-18(3)25-27/h7-12,17,21-22,29H,4-6,13-16H2,1-3H3. The molecule has 2 unspecified atom stereocenters. The van der Waals surface area contributed by atoms with Gasteiger partial charge in [-0.1, -0.05) is 44.5 Å². The average Bonchev–Trinajstić information content (AvgIpc) is 2.66. The van der Waals surface area contributed by atoms with Gasteiger partial charge in [0.05, 0.1) is 17.8 Å². The number of fused-ring (bicyclic) bond motifs is 2. The second-order valence-corrected chi connectivity index (χ2v) is 9.41. The van der Waals surface area contributed by atoms with Crippen LogP contribution in [0.15, 0.2) is 41.2 Å². The molecule has 0 amide bonds. The van der Waals surface area contributed by atoms with Crippen molar-refractivity contribution in [1.29, 1.82) is 0 Å². The third kappa shape index (κ3) is 4.46. The number of nitrogens with zero attached hydrogens (tertiary/aromatic N) is 3. The van der Waals surface area contributed by atoms with E-state index in [2.05, 4.69) is 48.1 Å². The Morgan fingerprint density at radius 3 is 2.38 bits per heavy atom. The van der Waals surface area contributed by atoms with Crippen LogP contribution < -0.4 is 5.56 Å². The minimum atomic E-state index is -0.863. The molecule has 4 rings (SSSR count). The zero-order chi connectivity index (χ0) is 20.6. The summed E-state index contributed by atoms with van der Waals surface area (Å²) in [4.78, 5) is 14.8. The summed E-state index contributed by atoms with van der Waals surface area (Å²) in [6, 6.07) is 13.0. The number of rotatable bonds is 5. The smallest absolute Gasteiger partial charge is 0.266 e. The molecule has 0 radical (unpaired) electrons. The first-order valence-electron chi connectivity index (χ1n) is 10.9. The molecule has 0 spiro atoms. The minimum absolute atomic E-state index is 0.137. The van der Waals surface area contributed by atoms with Crippen molar-refractivity contribution in [2.75, 3.05) is 0 Å². The van der Waals surface area contributed by atoms with Gasteiger partial charge in [-0.25, -0.2) is 4.68 Å². The molecule has 5 nitrogen and oxygen atoms in total. The number of hydrogen-bond donors (Lipinski definition) is 1. The molecular weight excluding hydrogens is 362 g/mol. The van der Waals surface area contributed by atoms with Crippen molar-refractivity contribution < 1.29 is 5.11 Å². The van der Waals surface area contributed by atoms with E-state index >= 15 is 0 Å². The summed E-state index contributed by atoms with van der Waals surface area (Å²) >= 11 is 0. The lowest BCUT2D eigenvalue weighted by atomic mass is 9.75. The molecule has 2 saturated heterocycles. The maximum absolute atomic E-state index is 12.2. The van der Waals surface area contributed by atoms with E-state index in [1.165, 1.54) is 22.2 Å². The van der Waals surface area contributed by atoms with Crippen LogP contribution in [0.3, 0.4) is 0 Å². The molecule has 2 atom stereocenters. The summed E-state index contributed by atoms with van der Waals surface area (Å²) < 4.78 is 1.45. The van der Waals surface area contributed by atoms with Gasteiger partial charge in [-0.05, 0) is 55.7 Å². The number of aliphatic hydroxyl groups is 1. The number of hydrogen-bond acceptors (Lipinski definition) is 4. The SMILES string of the molecule is Cc1ccc(=O)n(CC2(O)CC3CCCC(C2)N3Cc2ccc(C(C)C)cc2)n1. The van der Waals surface area contributed by atoms with E-state index in [0.717, 1.165) is 25.1 Å². The maximum Gasteiger partial charge on any atom is 0.266 e. The van der Waals surface area contributed by atoms with Crippen molar-refractivity contribution in [2.45, 2.75) is 89.6 Å². The fourth-order valence-electron chi connectivity index (χ4n) is 5.17. The zero-order valence-corrected chi connectivity index (χ0v) is 17.8. The highest BCUT2D eigenvalue weighted by Crippen LogP contribution is 2.40. The average molecular weight is 396 g/mol. The summed E-state index contributed by atoms with van der Waals surface area (Å²) in [5.41, 5.74) is 2.52. The zero-order valence-electron chi connectivity index (χ0n) is 17.8. The van der Waals surface area contributed by atoms with Crippen LogP contribution in [-0.4, -0.2) is 37.5 Å². The van der Waals surface area contributed by atoms with Crippen LogP contribution in [0.5, 0.6) is 0 Å². The Morgan fingerprint density at radius 2 is 1.76 bits per heavy atom. The molecule has 1 aromatic heterocycles. The van der Waals surface area contributed by atoms with E-state index in [1.54, 1.807) is 12.1 Å². The quantitative estimate of drug-likeness (QED) is 0.840. The van der Waals surface area contributed by atoms with Gasteiger partial charge in [-0.3, -0.25) is 9.69 Å². The molecule has 2 aromatic rings. The minimum Gasteiger partial charge on any atom is -0.388 e. The van der Waals surface area contributed by atoms with Gasteiger partial charge in [0.2, 0.25) is 0 Å². The first-order chi connectivity index (χ1) is 13.8. The lowest BCUT2D eigenvalue weighted by Gasteiger charge is -2.52. The van der Waals surface area contributed by atoms with E-state index < -0.39 is 5.60 Å². The largest absolute Gasteiger partial charge is 0.388 e. The van der Waals surface area contributed by atoms with Gasteiger partial charge in [-0.2, -0.15) is 5.10 Å². The topological polar surface area (TPSA) is 58.4 Å². The van der Waals surface area contributed by atoms with Gasteiger partial charge in [-0.15, -0.1) is 0 Å². The highest BCUT2D eigenvalue weighted by atomic mass is 16.3. The lowest BCUT2D eigenvalue weighted by molar-refractivity contribution is -0.105. The Hall–Kier alpha value is -1.98. The number of aromatic nitrogens is 2. The van der Waals surface area contributed by atoms with E-state index in [4.69, 9.17) is 0 Å². The lowest BCUT2D eigenvalue weighted by Crippen LogP contribution is -2.59. The maximum atomic E-state index is 12.2. The van der Waals surface area contributed by atoms with Crippen LogP contribution >= 0.6 is 0 Å². The molecule has 2 aliphatic heterocycles. The van der Waals surface area contributed by atoms with E-state index in [-0.39, 0.29) is 12.1 Å². The van der Waals surface area contributed by atoms with Gasteiger partial charge in [0.25, 0.3) is 5.56 Å². The normalized spacial score (nSPS) is 27.3. The summed E-state index contributed by atoms with van der Waals surface area (Å²) in [5.74, 6) is 0.548. The third-order valence-corrected chi connectivity index (χ3v) is 6.70. The number of piperidine rings is 2. The van der Waals surface area contributed by atoms with Crippen molar-refractivity contribution in [3.63, 3.8) is 0 Å². The summed E-state index contributed by atoms with van der Waals surface area (Å²) in [6.45, 7) is 7.55. The summed E-state index contributed by atoms with van der Waals surface area (Å²) in [7, 11) is 0. The van der Waals surface area contributed by atoms with Crippen LogP contribution in [0.4, 0.5) is 0 Å². The fraction of sp³-hybridized carbons (Fsp3) is 0.583. The monoisotopic (exact) mass is 395 g/mol. The molecule has 1 N–H and O–H groups in total. The van der Waals surface area contributed by atoms with Gasteiger partial charge >= 0.3 is 0 Å². The highest BCUT2D eigenvalue weighted by molar-refractivity contribution is 5.25. The summed E-state index contributed by atoms with van der Waals surface area (Å²) in [6.07, 6.45) is 4.85. The number of aryl methyl sites for hydroxylation is 1.